The van der Waals surface area contributed by atoms with Gasteiger partial charge >= 0.3 is 0 Å². The average Bonchev–Trinajstić information content (AvgIpc) is 2.28. The van der Waals surface area contributed by atoms with Gasteiger partial charge in [0, 0.05) is 24.1 Å². The summed E-state index contributed by atoms with van der Waals surface area (Å²) in [5, 5.41) is 12.7. The highest BCUT2D eigenvalue weighted by Gasteiger charge is 2.21. The van der Waals surface area contributed by atoms with Gasteiger partial charge in [-0.25, -0.2) is 0 Å². The third-order valence-corrected chi connectivity index (χ3v) is 2.66. The number of alkyl halides is 1. The van der Waals surface area contributed by atoms with Crippen LogP contribution in [0, 0.1) is 10.1 Å². The number of amides is 1. The Morgan fingerprint density at radius 2 is 2.06 bits per heavy atom. The number of nitrogens with zero attached hydrogens (tertiary/aromatic N) is 1. The molecule has 1 aromatic rings. The molecule has 1 amide bonds. The van der Waals surface area contributed by atoms with E-state index in [9.17, 15) is 14.9 Å². The lowest BCUT2D eigenvalue weighted by Gasteiger charge is -2.13. The molecule has 0 aromatic heterocycles. The highest BCUT2D eigenvalue weighted by molar-refractivity contribution is 6.30. The normalized spacial score (nSPS) is 12.2. The smallest absolute Gasteiger partial charge is 0.272 e. The van der Waals surface area contributed by atoms with Gasteiger partial charge in [-0.3, -0.25) is 14.9 Å². The highest BCUT2D eigenvalue weighted by atomic mass is 35.5. The molecule has 1 N–H and O–H groups in total. The number of nitrogens with one attached hydrogen (secondary N) is 1. The van der Waals surface area contributed by atoms with Crippen LogP contribution in [0.25, 0.3) is 0 Å². The predicted octanol–water partition coefficient (Wildman–Crippen LogP) is 2.27. The number of halogens is 1. The lowest BCUT2D eigenvalue weighted by molar-refractivity contribution is -0.385. The van der Waals surface area contributed by atoms with E-state index in [0.717, 1.165) is 0 Å². The zero-order chi connectivity index (χ0) is 13.7. The van der Waals surface area contributed by atoms with Crippen molar-refractivity contribution in [2.75, 3.05) is 0 Å². The van der Waals surface area contributed by atoms with Crippen LogP contribution in [0.3, 0.4) is 0 Å². The second-order valence-corrected chi connectivity index (χ2v) is 4.75. The Hall–Kier alpha value is -1.62. The molecule has 98 valence electrons. The summed E-state index contributed by atoms with van der Waals surface area (Å²) in [6.45, 7) is 3.65. The molecular weight excluding hydrogens is 256 g/mol. The zero-order valence-electron chi connectivity index (χ0n) is 10.2. The molecule has 0 aliphatic heterocycles. The number of nitro benzene ring substituents is 1. The van der Waals surface area contributed by atoms with Crippen molar-refractivity contribution in [2.24, 2.45) is 0 Å². The summed E-state index contributed by atoms with van der Waals surface area (Å²) < 4.78 is 0. The van der Waals surface area contributed by atoms with Gasteiger partial charge < -0.3 is 5.32 Å². The Morgan fingerprint density at radius 3 is 2.61 bits per heavy atom. The molecule has 0 bridgehead atoms. The fourth-order valence-corrected chi connectivity index (χ4v) is 1.75. The Labute approximate surface area is 110 Å². The summed E-state index contributed by atoms with van der Waals surface area (Å²) in [5.74, 6) is -0.315. The van der Waals surface area contributed by atoms with E-state index in [-0.39, 0.29) is 24.1 Å². The van der Waals surface area contributed by atoms with Crippen LogP contribution in [-0.2, 0) is 11.2 Å². The quantitative estimate of drug-likeness (QED) is 0.507. The molecule has 6 heteroatoms. The summed E-state index contributed by atoms with van der Waals surface area (Å²) in [7, 11) is 0. The van der Waals surface area contributed by atoms with Gasteiger partial charge in [0.15, 0.2) is 0 Å². The molecule has 1 atom stereocenters. The summed E-state index contributed by atoms with van der Waals surface area (Å²) >= 11 is 5.95. The number of para-hydroxylation sites is 1. The maximum absolute atomic E-state index is 11.6. The Bertz CT molecular complexity index is 449. The van der Waals surface area contributed by atoms with Crippen LogP contribution in [0.2, 0.25) is 0 Å². The van der Waals surface area contributed by atoms with Crippen LogP contribution in [0.1, 0.15) is 19.4 Å². The average molecular weight is 271 g/mol. The molecular formula is C12H15ClN2O3. The standard InChI is InChI=1S/C12H15ClN2O3/c1-8(2)14-12(16)10(13)7-9-5-3-4-6-11(9)15(17)18/h3-6,8,10H,7H2,1-2H3,(H,14,16). The second-order valence-electron chi connectivity index (χ2n) is 4.22. The summed E-state index contributed by atoms with van der Waals surface area (Å²) in [6.07, 6.45) is 0.136. The molecule has 1 aromatic carbocycles. The minimum Gasteiger partial charge on any atom is -0.353 e. The van der Waals surface area contributed by atoms with Gasteiger partial charge in [0.25, 0.3) is 5.69 Å². The first-order valence-electron chi connectivity index (χ1n) is 5.58. The molecule has 0 radical (unpaired) electrons. The number of nitro groups is 1. The van der Waals surface area contributed by atoms with Gasteiger partial charge in [-0.1, -0.05) is 18.2 Å². The van der Waals surface area contributed by atoms with Crippen LogP contribution >= 0.6 is 11.6 Å². The molecule has 0 aliphatic rings. The third kappa shape index (κ3) is 4.00. The van der Waals surface area contributed by atoms with Gasteiger partial charge in [0.05, 0.1) is 4.92 Å². The molecule has 18 heavy (non-hydrogen) atoms. The van der Waals surface area contributed by atoms with Crippen molar-refractivity contribution in [3.05, 3.63) is 39.9 Å². The summed E-state index contributed by atoms with van der Waals surface area (Å²) in [6, 6.07) is 6.27. The van der Waals surface area contributed by atoms with Crippen molar-refractivity contribution < 1.29 is 9.72 Å². The number of benzene rings is 1. The topological polar surface area (TPSA) is 72.2 Å². The fraction of sp³-hybridized carbons (Fsp3) is 0.417. The first-order valence-corrected chi connectivity index (χ1v) is 6.02. The number of carbonyl (C=O) groups excluding carboxylic acids is 1. The van der Waals surface area contributed by atoms with Crippen molar-refractivity contribution in [3.63, 3.8) is 0 Å². The van der Waals surface area contributed by atoms with Gasteiger partial charge in [-0.15, -0.1) is 11.6 Å². The van der Waals surface area contributed by atoms with Crippen molar-refractivity contribution >= 4 is 23.2 Å². The molecule has 0 spiro atoms. The number of carbonyl (C=O) groups is 1. The van der Waals surface area contributed by atoms with E-state index in [2.05, 4.69) is 5.32 Å². The van der Waals surface area contributed by atoms with Gasteiger partial charge in [-0.05, 0) is 13.8 Å². The van der Waals surface area contributed by atoms with Crippen LogP contribution in [0.5, 0.6) is 0 Å². The third-order valence-electron chi connectivity index (χ3n) is 2.30. The molecule has 0 aliphatic carbocycles. The SMILES string of the molecule is CC(C)NC(=O)C(Cl)Cc1ccccc1[N+](=O)[O-]. The van der Waals surface area contributed by atoms with Gasteiger partial charge in [-0.2, -0.15) is 0 Å². The van der Waals surface area contributed by atoms with Crippen molar-refractivity contribution in [2.45, 2.75) is 31.7 Å². The lowest BCUT2D eigenvalue weighted by Crippen LogP contribution is -2.37. The molecule has 0 fully saturated rings. The largest absolute Gasteiger partial charge is 0.353 e. The summed E-state index contributed by atoms with van der Waals surface area (Å²) in [5.41, 5.74) is 0.446. The Morgan fingerprint density at radius 1 is 1.44 bits per heavy atom. The van der Waals surface area contributed by atoms with E-state index in [4.69, 9.17) is 11.6 Å². The molecule has 0 saturated heterocycles. The van der Waals surface area contributed by atoms with Crippen LogP contribution in [-0.4, -0.2) is 22.2 Å². The molecule has 1 unspecified atom stereocenters. The van der Waals surface area contributed by atoms with E-state index in [1.165, 1.54) is 6.07 Å². The lowest BCUT2D eigenvalue weighted by atomic mass is 10.1. The van der Waals surface area contributed by atoms with Crippen LogP contribution < -0.4 is 5.32 Å². The van der Waals surface area contributed by atoms with Crippen LogP contribution in [0.4, 0.5) is 5.69 Å². The van der Waals surface area contributed by atoms with Crippen molar-refractivity contribution in [1.82, 2.24) is 5.32 Å². The highest BCUT2D eigenvalue weighted by Crippen LogP contribution is 2.20. The monoisotopic (exact) mass is 270 g/mol. The van der Waals surface area contributed by atoms with Gasteiger partial charge in [0.1, 0.15) is 5.38 Å². The molecule has 1 rings (SSSR count). The number of hydrogen-bond acceptors (Lipinski definition) is 3. The number of hydrogen-bond donors (Lipinski definition) is 1. The van der Waals surface area contributed by atoms with E-state index in [1.54, 1.807) is 18.2 Å². The predicted molar refractivity (Wildman–Crippen MR) is 69.7 cm³/mol. The van der Waals surface area contributed by atoms with E-state index < -0.39 is 10.3 Å². The Balaban J connectivity index is 2.78. The van der Waals surface area contributed by atoms with E-state index in [1.807, 2.05) is 13.8 Å². The summed E-state index contributed by atoms with van der Waals surface area (Å²) in [4.78, 5) is 22.0. The Kier molecular flexibility index (Phi) is 5.09. The maximum atomic E-state index is 11.6. The van der Waals surface area contributed by atoms with Gasteiger partial charge in [0.2, 0.25) is 5.91 Å². The maximum Gasteiger partial charge on any atom is 0.272 e. The fourth-order valence-electron chi connectivity index (χ4n) is 1.52. The van der Waals surface area contributed by atoms with Crippen molar-refractivity contribution in [1.29, 1.82) is 0 Å². The number of rotatable bonds is 5. The first-order chi connectivity index (χ1) is 8.41. The minimum atomic E-state index is -0.812. The van der Waals surface area contributed by atoms with Crippen LogP contribution in [0.15, 0.2) is 24.3 Å². The minimum absolute atomic E-state index is 0.00971. The first kappa shape index (κ1) is 14.4. The molecule has 0 saturated carbocycles. The van der Waals surface area contributed by atoms with E-state index >= 15 is 0 Å². The molecule has 5 nitrogen and oxygen atoms in total. The molecule has 0 heterocycles. The van der Waals surface area contributed by atoms with Crippen molar-refractivity contribution in [3.8, 4) is 0 Å². The van der Waals surface area contributed by atoms with E-state index in [0.29, 0.717) is 5.56 Å². The zero-order valence-corrected chi connectivity index (χ0v) is 11.0. The second kappa shape index (κ2) is 6.35.